The van der Waals surface area contributed by atoms with E-state index in [1.54, 1.807) is 11.3 Å². The number of hydrogen-bond donors (Lipinski definition) is 2. The van der Waals surface area contributed by atoms with E-state index in [4.69, 9.17) is 5.73 Å². The zero-order valence-corrected chi connectivity index (χ0v) is 13.6. The molecular weight excluding hydrogens is 294 g/mol. The molecule has 1 aromatic rings. The van der Waals surface area contributed by atoms with Crippen LogP contribution in [0, 0.1) is 12.8 Å². The Balaban J connectivity index is 0.00000200. The van der Waals surface area contributed by atoms with Crippen LogP contribution >= 0.6 is 23.7 Å². The smallest absolute Gasteiger partial charge is 0.237 e. The van der Waals surface area contributed by atoms with Gasteiger partial charge in [-0.3, -0.25) is 4.79 Å². The molecule has 1 aliphatic rings. The molecule has 20 heavy (non-hydrogen) atoms. The van der Waals surface area contributed by atoms with Crippen LogP contribution in [-0.4, -0.2) is 16.9 Å². The fourth-order valence-electron chi connectivity index (χ4n) is 2.67. The summed E-state index contributed by atoms with van der Waals surface area (Å²) < 4.78 is 0. The number of halogens is 1. The van der Waals surface area contributed by atoms with Gasteiger partial charge in [0.1, 0.15) is 5.01 Å². The lowest BCUT2D eigenvalue weighted by Gasteiger charge is -2.24. The van der Waals surface area contributed by atoms with E-state index in [9.17, 15) is 4.79 Å². The molecule has 1 saturated carbocycles. The standard InChI is InChI=1S/C14H23N3OS.ClH/c1-10-9-19-13(17-10)8-16-14(18)12(15)7-11-5-3-2-4-6-11;/h9,11-12H,2-8,15H2,1H3,(H,16,18);1H. The molecule has 1 atom stereocenters. The van der Waals surface area contributed by atoms with E-state index in [2.05, 4.69) is 10.3 Å². The van der Waals surface area contributed by atoms with Gasteiger partial charge < -0.3 is 11.1 Å². The van der Waals surface area contributed by atoms with Crippen molar-refractivity contribution in [3.05, 3.63) is 16.1 Å². The number of carbonyl (C=O) groups is 1. The highest BCUT2D eigenvalue weighted by molar-refractivity contribution is 7.09. The number of hydrogen-bond acceptors (Lipinski definition) is 4. The SMILES string of the molecule is Cc1csc(CNC(=O)C(N)CC2CCCCC2)n1.Cl. The summed E-state index contributed by atoms with van der Waals surface area (Å²) >= 11 is 1.57. The van der Waals surface area contributed by atoms with Gasteiger partial charge in [-0.05, 0) is 19.3 Å². The van der Waals surface area contributed by atoms with Crippen LogP contribution in [0.25, 0.3) is 0 Å². The second-order valence-corrected chi connectivity index (χ2v) is 6.39. The molecular formula is C14H24ClN3OS. The molecule has 0 bridgehead atoms. The molecule has 6 heteroatoms. The Morgan fingerprint density at radius 1 is 1.50 bits per heavy atom. The molecule has 1 aromatic heterocycles. The Morgan fingerprint density at radius 3 is 2.80 bits per heavy atom. The van der Waals surface area contributed by atoms with Gasteiger partial charge in [0, 0.05) is 11.1 Å². The number of nitrogens with zero attached hydrogens (tertiary/aromatic N) is 1. The molecule has 1 heterocycles. The third kappa shape index (κ3) is 5.38. The highest BCUT2D eigenvalue weighted by Crippen LogP contribution is 2.26. The minimum atomic E-state index is -0.371. The number of thiazole rings is 1. The summed E-state index contributed by atoms with van der Waals surface area (Å²) in [6.45, 7) is 2.45. The van der Waals surface area contributed by atoms with E-state index in [0.717, 1.165) is 17.1 Å². The van der Waals surface area contributed by atoms with Gasteiger partial charge in [-0.2, -0.15) is 0 Å². The number of nitrogens with one attached hydrogen (secondary N) is 1. The van der Waals surface area contributed by atoms with Crippen LogP contribution in [0.3, 0.4) is 0 Å². The molecule has 2 rings (SSSR count). The molecule has 1 fully saturated rings. The normalized spacial score (nSPS) is 17.3. The fraction of sp³-hybridized carbons (Fsp3) is 0.714. The van der Waals surface area contributed by atoms with Gasteiger partial charge in [-0.25, -0.2) is 4.98 Å². The van der Waals surface area contributed by atoms with Crippen molar-refractivity contribution in [2.75, 3.05) is 0 Å². The monoisotopic (exact) mass is 317 g/mol. The van der Waals surface area contributed by atoms with Crippen LogP contribution in [0.15, 0.2) is 5.38 Å². The molecule has 1 aliphatic carbocycles. The average Bonchev–Trinajstić information content (AvgIpc) is 2.83. The minimum Gasteiger partial charge on any atom is -0.348 e. The first-order chi connectivity index (χ1) is 9.15. The lowest BCUT2D eigenvalue weighted by Crippen LogP contribution is -2.41. The second-order valence-electron chi connectivity index (χ2n) is 5.45. The lowest BCUT2D eigenvalue weighted by molar-refractivity contribution is -0.123. The summed E-state index contributed by atoms with van der Waals surface area (Å²) in [7, 11) is 0. The van der Waals surface area contributed by atoms with Gasteiger partial charge in [-0.15, -0.1) is 23.7 Å². The molecule has 3 N–H and O–H groups in total. The van der Waals surface area contributed by atoms with E-state index in [1.807, 2.05) is 12.3 Å². The fourth-order valence-corrected chi connectivity index (χ4v) is 3.38. The number of aryl methyl sites for hydroxylation is 1. The van der Waals surface area contributed by atoms with Crippen molar-refractivity contribution in [3.8, 4) is 0 Å². The average molecular weight is 318 g/mol. The van der Waals surface area contributed by atoms with E-state index >= 15 is 0 Å². The Labute approximate surface area is 131 Å². The molecule has 0 radical (unpaired) electrons. The highest BCUT2D eigenvalue weighted by Gasteiger charge is 2.21. The number of carbonyl (C=O) groups excluding carboxylic acids is 1. The third-order valence-corrected chi connectivity index (χ3v) is 4.70. The van der Waals surface area contributed by atoms with Crippen molar-refractivity contribution >= 4 is 29.7 Å². The van der Waals surface area contributed by atoms with E-state index in [1.165, 1.54) is 32.1 Å². The zero-order chi connectivity index (χ0) is 13.7. The first kappa shape index (κ1) is 17.4. The summed E-state index contributed by atoms with van der Waals surface area (Å²) in [6.07, 6.45) is 7.19. The topological polar surface area (TPSA) is 68.0 Å². The summed E-state index contributed by atoms with van der Waals surface area (Å²) in [5.74, 6) is 0.593. The van der Waals surface area contributed by atoms with Crippen molar-refractivity contribution < 1.29 is 4.79 Å². The summed E-state index contributed by atoms with van der Waals surface area (Å²) in [5, 5.41) is 5.82. The molecule has 0 aliphatic heterocycles. The molecule has 4 nitrogen and oxygen atoms in total. The molecule has 114 valence electrons. The second kappa shape index (κ2) is 8.60. The van der Waals surface area contributed by atoms with Crippen molar-refractivity contribution in [1.29, 1.82) is 0 Å². The maximum atomic E-state index is 11.9. The van der Waals surface area contributed by atoms with Crippen LogP contribution in [0.4, 0.5) is 0 Å². The molecule has 1 amide bonds. The van der Waals surface area contributed by atoms with Gasteiger partial charge >= 0.3 is 0 Å². The van der Waals surface area contributed by atoms with Gasteiger partial charge in [0.15, 0.2) is 0 Å². The molecule has 0 saturated heterocycles. The Hall–Kier alpha value is -0.650. The molecule has 0 aromatic carbocycles. The van der Waals surface area contributed by atoms with E-state index < -0.39 is 0 Å². The molecule has 1 unspecified atom stereocenters. The van der Waals surface area contributed by atoms with Crippen molar-refractivity contribution in [1.82, 2.24) is 10.3 Å². The first-order valence-electron chi connectivity index (χ1n) is 7.09. The maximum Gasteiger partial charge on any atom is 0.237 e. The summed E-state index contributed by atoms with van der Waals surface area (Å²) in [4.78, 5) is 16.3. The van der Waals surface area contributed by atoms with Crippen molar-refractivity contribution in [3.63, 3.8) is 0 Å². The van der Waals surface area contributed by atoms with Crippen LogP contribution < -0.4 is 11.1 Å². The number of amides is 1. The third-order valence-electron chi connectivity index (χ3n) is 3.73. The number of aromatic nitrogens is 1. The maximum absolute atomic E-state index is 11.9. The van der Waals surface area contributed by atoms with E-state index in [-0.39, 0.29) is 24.4 Å². The Morgan fingerprint density at radius 2 is 2.20 bits per heavy atom. The zero-order valence-electron chi connectivity index (χ0n) is 11.9. The van der Waals surface area contributed by atoms with Crippen molar-refractivity contribution in [2.24, 2.45) is 11.7 Å². The van der Waals surface area contributed by atoms with Crippen LogP contribution in [0.2, 0.25) is 0 Å². The molecule has 0 spiro atoms. The lowest BCUT2D eigenvalue weighted by atomic mass is 9.85. The van der Waals surface area contributed by atoms with Gasteiger partial charge in [0.25, 0.3) is 0 Å². The summed E-state index contributed by atoms with van der Waals surface area (Å²) in [6, 6.07) is -0.371. The quantitative estimate of drug-likeness (QED) is 0.877. The van der Waals surface area contributed by atoms with Crippen LogP contribution in [0.1, 0.15) is 49.2 Å². The van der Waals surface area contributed by atoms with Crippen molar-refractivity contribution in [2.45, 2.75) is 58.0 Å². The van der Waals surface area contributed by atoms with Crippen LogP contribution in [0.5, 0.6) is 0 Å². The van der Waals surface area contributed by atoms with Gasteiger partial charge in [0.2, 0.25) is 5.91 Å². The first-order valence-corrected chi connectivity index (χ1v) is 7.97. The predicted molar refractivity (Wildman–Crippen MR) is 85.1 cm³/mol. The predicted octanol–water partition coefficient (Wildman–Crippen LogP) is 2.79. The van der Waals surface area contributed by atoms with Crippen LogP contribution in [-0.2, 0) is 11.3 Å². The Kier molecular flexibility index (Phi) is 7.48. The van der Waals surface area contributed by atoms with Gasteiger partial charge in [-0.1, -0.05) is 32.1 Å². The highest BCUT2D eigenvalue weighted by atomic mass is 35.5. The van der Waals surface area contributed by atoms with E-state index in [0.29, 0.717) is 12.5 Å². The minimum absolute atomic E-state index is 0. The number of rotatable bonds is 5. The number of nitrogens with two attached hydrogens (primary N) is 1. The largest absolute Gasteiger partial charge is 0.348 e. The summed E-state index contributed by atoms with van der Waals surface area (Å²) in [5.41, 5.74) is 6.99. The Bertz CT molecular complexity index is 418. The van der Waals surface area contributed by atoms with Gasteiger partial charge in [0.05, 0.1) is 12.6 Å².